The second-order valence-electron chi connectivity index (χ2n) is 8.04. The predicted molar refractivity (Wildman–Crippen MR) is 137 cm³/mol. The van der Waals surface area contributed by atoms with Gasteiger partial charge in [-0.05, 0) is 6.07 Å². The van der Waals surface area contributed by atoms with Crippen molar-refractivity contribution in [3.8, 4) is 0 Å². The summed E-state index contributed by atoms with van der Waals surface area (Å²) in [7, 11) is 0. The fourth-order valence-electron chi connectivity index (χ4n) is 4.14. The monoisotopic (exact) mass is 562 g/mol. The molecular weight excluding hydrogens is 542 g/mol. The molecule has 1 fully saturated rings. The van der Waals surface area contributed by atoms with Crippen molar-refractivity contribution in [2.75, 3.05) is 24.0 Å². The fraction of sp³-hybridized carbons (Fsp3) is 0.273. The summed E-state index contributed by atoms with van der Waals surface area (Å²) in [6, 6.07) is 4.78. The summed E-state index contributed by atoms with van der Waals surface area (Å²) in [6.45, 7) is 0.375. The van der Waals surface area contributed by atoms with Gasteiger partial charge >= 0.3 is 5.97 Å². The van der Waals surface area contributed by atoms with Gasteiger partial charge in [0.2, 0.25) is 0 Å². The van der Waals surface area contributed by atoms with E-state index in [9.17, 15) is 19.5 Å². The molecule has 0 aromatic carbocycles. The van der Waals surface area contributed by atoms with Crippen molar-refractivity contribution in [3.63, 3.8) is 0 Å². The Bertz CT molecular complexity index is 1450. The standard InChI is InChI=1S/C22H20ClN7O5S2/c23-4-8-35-27-15(13-11-37-22(24)25-13)18(31)26-16-19(32)30-17(21(33)34)12(10-36-20(16)30)9-29-7-6-28-5-2-1-3-14(28)29/h1-3,5-7,11,16,20H,4,8-10H2,(H3-,24,25,26,31,33,34)/p+1/t16-,20+/m1/s1. The third-order valence-corrected chi connectivity index (χ3v) is 7.94. The molecule has 0 aliphatic carbocycles. The van der Waals surface area contributed by atoms with Gasteiger partial charge in [-0.25, -0.2) is 18.7 Å². The minimum absolute atomic E-state index is 0.0614. The van der Waals surface area contributed by atoms with E-state index < -0.39 is 29.2 Å². The second-order valence-corrected chi connectivity index (χ2v) is 10.4. The molecule has 2 atom stereocenters. The van der Waals surface area contributed by atoms with E-state index in [2.05, 4.69) is 15.5 Å². The zero-order chi connectivity index (χ0) is 26.1. The molecule has 37 heavy (non-hydrogen) atoms. The third-order valence-electron chi connectivity index (χ3n) is 5.77. The lowest BCUT2D eigenvalue weighted by Gasteiger charge is -2.49. The Morgan fingerprint density at radius 1 is 1.38 bits per heavy atom. The number of nitrogen functional groups attached to an aromatic ring is 1. The van der Waals surface area contributed by atoms with Crippen LogP contribution in [0.3, 0.4) is 0 Å². The lowest BCUT2D eigenvalue weighted by atomic mass is 10.0. The van der Waals surface area contributed by atoms with Gasteiger partial charge in [-0.2, -0.15) is 0 Å². The summed E-state index contributed by atoms with van der Waals surface area (Å²) >= 11 is 8.12. The van der Waals surface area contributed by atoms with Crippen molar-refractivity contribution >= 4 is 69.0 Å². The number of aromatic nitrogens is 3. The molecule has 1 saturated heterocycles. The number of carbonyl (C=O) groups is 3. The number of hydrogen-bond donors (Lipinski definition) is 3. The molecule has 4 N–H and O–H groups in total. The summed E-state index contributed by atoms with van der Waals surface area (Å²) in [4.78, 5) is 48.7. The number of β-lactam (4-membered cyclic amide) rings is 1. The molecule has 0 spiro atoms. The van der Waals surface area contributed by atoms with E-state index in [4.69, 9.17) is 22.2 Å². The van der Waals surface area contributed by atoms with Crippen molar-refractivity contribution in [1.29, 1.82) is 0 Å². The first-order valence-corrected chi connectivity index (χ1v) is 13.5. The van der Waals surface area contributed by atoms with E-state index in [1.54, 1.807) is 5.38 Å². The number of rotatable bonds is 9. The van der Waals surface area contributed by atoms with E-state index in [0.717, 1.165) is 17.0 Å². The average molecular weight is 563 g/mol. The number of aliphatic carboxylic acids is 1. The number of nitrogens with two attached hydrogens (primary N) is 1. The number of imidazole rings is 1. The summed E-state index contributed by atoms with van der Waals surface area (Å²) in [5.74, 6) is -1.87. The van der Waals surface area contributed by atoms with Gasteiger partial charge in [-0.3, -0.25) is 14.5 Å². The van der Waals surface area contributed by atoms with E-state index in [1.165, 1.54) is 16.7 Å². The zero-order valence-corrected chi connectivity index (χ0v) is 21.5. The number of thioether (sulfide) groups is 1. The number of thiazole rings is 1. The number of anilines is 1. The van der Waals surface area contributed by atoms with E-state index in [1.807, 2.05) is 45.8 Å². The maximum absolute atomic E-state index is 13.1. The molecule has 0 radical (unpaired) electrons. The van der Waals surface area contributed by atoms with Crippen LogP contribution >= 0.6 is 34.7 Å². The highest BCUT2D eigenvalue weighted by molar-refractivity contribution is 8.00. The first-order chi connectivity index (χ1) is 17.9. The number of nitrogens with one attached hydrogen (secondary N) is 1. The molecule has 15 heteroatoms. The van der Waals surface area contributed by atoms with Gasteiger partial charge in [0.05, 0.1) is 12.1 Å². The largest absolute Gasteiger partial charge is 0.477 e. The van der Waals surface area contributed by atoms with Gasteiger partial charge in [-0.1, -0.05) is 11.2 Å². The molecule has 12 nitrogen and oxygen atoms in total. The van der Waals surface area contributed by atoms with Crippen molar-refractivity contribution < 1.29 is 28.9 Å². The van der Waals surface area contributed by atoms with Crippen LogP contribution in [0.4, 0.5) is 5.13 Å². The van der Waals surface area contributed by atoms with Gasteiger partial charge in [0.15, 0.2) is 10.8 Å². The van der Waals surface area contributed by atoms with Gasteiger partial charge in [0.1, 0.15) is 48.4 Å². The number of hydrogen-bond acceptors (Lipinski definition) is 9. The highest BCUT2D eigenvalue weighted by Gasteiger charge is 2.54. The van der Waals surface area contributed by atoms with Crippen LogP contribution in [0.15, 0.2) is 58.6 Å². The molecule has 192 valence electrons. The van der Waals surface area contributed by atoms with Gasteiger partial charge in [-0.15, -0.1) is 34.7 Å². The second kappa shape index (κ2) is 10.4. The molecule has 5 heterocycles. The first kappa shape index (κ1) is 25.0. The van der Waals surface area contributed by atoms with Crippen molar-refractivity contribution in [3.05, 3.63) is 59.1 Å². The molecule has 0 unspecified atom stereocenters. The average Bonchev–Trinajstić information content (AvgIpc) is 3.50. The van der Waals surface area contributed by atoms with Gasteiger partial charge in [0.25, 0.3) is 17.5 Å². The van der Waals surface area contributed by atoms with Crippen molar-refractivity contribution in [1.82, 2.24) is 19.6 Å². The molecule has 2 amide bonds. The Balaban J connectivity index is 1.36. The summed E-state index contributed by atoms with van der Waals surface area (Å²) in [5.41, 5.74) is 7.15. The first-order valence-electron chi connectivity index (χ1n) is 11.0. The van der Waals surface area contributed by atoms with Gasteiger partial charge < -0.3 is 21.0 Å². The maximum atomic E-state index is 13.1. The molecule has 2 aliphatic rings. The SMILES string of the molecule is Nc1nc(C(=NOCCCl)C(=O)N[C@@H]2C(=O)N3C(C(=O)O)=C(C[n+]4ccn5ccccc54)CS[C@@H]23)cs1. The number of carboxylic acid groups (broad SMARTS) is 1. The van der Waals surface area contributed by atoms with Crippen LogP contribution in [0.25, 0.3) is 5.65 Å². The number of oxime groups is 1. The highest BCUT2D eigenvalue weighted by Crippen LogP contribution is 2.40. The normalized spacial score (nSPS) is 19.5. The number of halogens is 1. The molecule has 0 bridgehead atoms. The quantitative estimate of drug-likeness (QED) is 0.0858. The summed E-state index contributed by atoms with van der Waals surface area (Å²) in [5, 5.41) is 17.7. The Labute approximate surface area is 223 Å². The van der Waals surface area contributed by atoms with Crippen LogP contribution in [-0.4, -0.2) is 72.5 Å². The Morgan fingerprint density at radius 3 is 2.95 bits per heavy atom. The minimum atomic E-state index is -1.20. The van der Waals surface area contributed by atoms with Crippen molar-refractivity contribution in [2.45, 2.75) is 18.0 Å². The number of carbonyl (C=O) groups excluding carboxylic acids is 2. The predicted octanol–water partition coefficient (Wildman–Crippen LogP) is 0.664. The summed E-state index contributed by atoms with van der Waals surface area (Å²) < 4.78 is 3.85. The zero-order valence-electron chi connectivity index (χ0n) is 19.1. The molecule has 0 saturated carbocycles. The number of pyridine rings is 1. The molecular formula is C22H21ClN7O5S2+. The molecule has 3 aromatic rings. The number of fused-ring (bicyclic) bond motifs is 2. The number of amides is 2. The van der Waals surface area contributed by atoms with Crippen molar-refractivity contribution in [2.24, 2.45) is 5.16 Å². The Kier molecular flexibility index (Phi) is 7.04. The molecule has 5 rings (SSSR count). The number of alkyl halides is 1. The fourth-order valence-corrected chi connectivity index (χ4v) is 6.10. The molecule has 3 aromatic heterocycles. The van der Waals surface area contributed by atoms with Crippen LogP contribution in [0.2, 0.25) is 0 Å². The van der Waals surface area contributed by atoms with Crippen LogP contribution < -0.4 is 15.6 Å². The van der Waals surface area contributed by atoms with Crippen LogP contribution in [-0.2, 0) is 25.8 Å². The van der Waals surface area contributed by atoms with E-state index in [-0.39, 0.29) is 34.7 Å². The number of nitrogens with zero attached hydrogens (tertiary/aromatic N) is 5. The smallest absolute Gasteiger partial charge is 0.352 e. The van der Waals surface area contributed by atoms with E-state index in [0.29, 0.717) is 17.9 Å². The van der Waals surface area contributed by atoms with Crippen LogP contribution in [0, 0.1) is 0 Å². The minimum Gasteiger partial charge on any atom is -0.477 e. The lowest BCUT2D eigenvalue weighted by molar-refractivity contribution is -0.662. The van der Waals surface area contributed by atoms with Gasteiger partial charge in [0, 0.05) is 22.8 Å². The summed E-state index contributed by atoms with van der Waals surface area (Å²) in [6.07, 6.45) is 5.63. The topological polar surface area (TPSA) is 155 Å². The third kappa shape index (κ3) is 4.74. The lowest BCUT2D eigenvalue weighted by Crippen LogP contribution is -2.71. The Hall–Kier alpha value is -3.62. The maximum Gasteiger partial charge on any atom is 0.352 e. The highest BCUT2D eigenvalue weighted by atomic mass is 35.5. The Morgan fingerprint density at radius 2 is 2.22 bits per heavy atom. The van der Waals surface area contributed by atoms with E-state index >= 15 is 0 Å². The number of carboxylic acids is 1. The molecule has 2 aliphatic heterocycles. The van der Waals surface area contributed by atoms with Crippen LogP contribution in [0.1, 0.15) is 5.69 Å². The van der Waals surface area contributed by atoms with Crippen LogP contribution in [0.5, 0.6) is 0 Å².